The quantitative estimate of drug-likeness (QED) is 0.609. The molecular formula is C12H13N3O3. The molecule has 6 nitrogen and oxygen atoms in total. The molecule has 0 atom stereocenters. The van der Waals surface area contributed by atoms with E-state index in [0.29, 0.717) is 12.1 Å². The molecule has 94 valence electrons. The van der Waals surface area contributed by atoms with Gasteiger partial charge in [-0.15, -0.1) is 0 Å². The molecule has 1 heterocycles. The van der Waals surface area contributed by atoms with E-state index in [4.69, 9.17) is 0 Å². The zero-order valence-electron chi connectivity index (χ0n) is 10.2. The lowest BCUT2D eigenvalue weighted by atomic mass is 10.1. The molecule has 2 rings (SSSR count). The number of aromatic nitrogens is 2. The Morgan fingerprint density at radius 3 is 2.61 bits per heavy atom. The summed E-state index contributed by atoms with van der Waals surface area (Å²) in [5.41, 5.74) is 1.31. The Hall–Kier alpha value is -2.37. The Labute approximate surface area is 103 Å². The first kappa shape index (κ1) is 12.1. The molecule has 0 aliphatic rings. The van der Waals surface area contributed by atoms with Gasteiger partial charge < -0.3 is 4.57 Å². The van der Waals surface area contributed by atoms with Crippen molar-refractivity contribution in [1.82, 2.24) is 9.13 Å². The molecule has 1 aromatic heterocycles. The molecule has 0 spiro atoms. The molecule has 0 aliphatic heterocycles. The molecular weight excluding hydrogens is 234 g/mol. The molecule has 0 saturated carbocycles. The van der Waals surface area contributed by atoms with Crippen LogP contribution in [0.2, 0.25) is 0 Å². The van der Waals surface area contributed by atoms with Crippen LogP contribution in [0.5, 0.6) is 0 Å². The molecule has 1 aromatic carbocycles. The smallest absolute Gasteiger partial charge is 0.302 e. The van der Waals surface area contributed by atoms with Crippen LogP contribution in [0.15, 0.2) is 35.4 Å². The van der Waals surface area contributed by atoms with E-state index >= 15 is 0 Å². The first-order chi connectivity index (χ1) is 8.50. The van der Waals surface area contributed by atoms with Crippen LogP contribution in [0.3, 0.4) is 0 Å². The van der Waals surface area contributed by atoms with Crippen LogP contribution in [0.4, 0.5) is 5.69 Å². The van der Waals surface area contributed by atoms with Crippen LogP contribution in [0, 0.1) is 17.0 Å². The maximum atomic E-state index is 11.7. The molecule has 0 aliphatic carbocycles. The lowest BCUT2D eigenvalue weighted by molar-refractivity contribution is -0.385. The first-order valence-corrected chi connectivity index (χ1v) is 5.45. The van der Waals surface area contributed by atoms with Gasteiger partial charge in [-0.25, -0.2) is 4.79 Å². The normalized spacial score (nSPS) is 10.6. The molecule has 0 saturated heterocycles. The number of rotatable bonds is 3. The number of imidazole rings is 1. The maximum Gasteiger partial charge on any atom is 0.328 e. The van der Waals surface area contributed by atoms with Crippen molar-refractivity contribution in [3.63, 3.8) is 0 Å². The molecule has 0 bridgehead atoms. The van der Waals surface area contributed by atoms with E-state index in [2.05, 4.69) is 0 Å². The molecule has 0 amide bonds. The third-order valence-electron chi connectivity index (χ3n) is 2.97. The first-order valence-electron chi connectivity index (χ1n) is 5.45. The van der Waals surface area contributed by atoms with Gasteiger partial charge >= 0.3 is 5.69 Å². The monoisotopic (exact) mass is 247 g/mol. The second-order valence-electron chi connectivity index (χ2n) is 4.14. The summed E-state index contributed by atoms with van der Waals surface area (Å²) in [5.74, 6) is 0. The van der Waals surface area contributed by atoms with E-state index in [-0.39, 0.29) is 11.4 Å². The van der Waals surface area contributed by atoms with E-state index in [9.17, 15) is 14.9 Å². The van der Waals surface area contributed by atoms with Crippen LogP contribution in [0.1, 0.15) is 11.1 Å². The lowest BCUT2D eigenvalue weighted by Gasteiger charge is -2.06. The highest BCUT2D eigenvalue weighted by atomic mass is 16.6. The highest BCUT2D eigenvalue weighted by Gasteiger charge is 2.13. The SMILES string of the molecule is Cc1c(Cn2ccn(C)c2=O)cccc1[N+](=O)[O-]. The highest BCUT2D eigenvalue weighted by Crippen LogP contribution is 2.21. The third kappa shape index (κ3) is 2.04. The molecule has 0 N–H and O–H groups in total. The van der Waals surface area contributed by atoms with Crippen molar-refractivity contribution in [2.24, 2.45) is 7.05 Å². The summed E-state index contributed by atoms with van der Waals surface area (Å²) >= 11 is 0. The van der Waals surface area contributed by atoms with Gasteiger partial charge in [0.2, 0.25) is 0 Å². The lowest BCUT2D eigenvalue weighted by Crippen LogP contribution is -2.22. The minimum absolute atomic E-state index is 0.0801. The van der Waals surface area contributed by atoms with E-state index < -0.39 is 4.92 Å². The summed E-state index contributed by atoms with van der Waals surface area (Å²) in [6.07, 6.45) is 3.33. The zero-order valence-corrected chi connectivity index (χ0v) is 10.2. The number of nitro benzene ring substituents is 1. The number of hydrogen-bond donors (Lipinski definition) is 0. The van der Waals surface area contributed by atoms with Gasteiger partial charge in [0.25, 0.3) is 5.69 Å². The van der Waals surface area contributed by atoms with E-state index in [1.54, 1.807) is 38.5 Å². The van der Waals surface area contributed by atoms with Crippen molar-refractivity contribution in [2.75, 3.05) is 0 Å². The third-order valence-corrected chi connectivity index (χ3v) is 2.97. The average Bonchev–Trinajstić information content (AvgIpc) is 2.63. The van der Waals surface area contributed by atoms with Gasteiger partial charge in [0, 0.05) is 31.1 Å². The summed E-state index contributed by atoms with van der Waals surface area (Å²) in [4.78, 5) is 22.1. The summed E-state index contributed by atoms with van der Waals surface area (Å²) in [6.45, 7) is 2.04. The topological polar surface area (TPSA) is 70.1 Å². The van der Waals surface area contributed by atoms with Gasteiger partial charge in [0.1, 0.15) is 0 Å². The van der Waals surface area contributed by atoms with Crippen molar-refractivity contribution in [2.45, 2.75) is 13.5 Å². The fraction of sp³-hybridized carbons (Fsp3) is 0.250. The van der Waals surface area contributed by atoms with E-state index in [1.165, 1.54) is 15.2 Å². The van der Waals surface area contributed by atoms with Crippen LogP contribution >= 0.6 is 0 Å². The Bertz CT molecular complexity index is 655. The number of benzene rings is 1. The van der Waals surface area contributed by atoms with Gasteiger partial charge in [0.15, 0.2) is 0 Å². The maximum absolute atomic E-state index is 11.7. The molecule has 0 radical (unpaired) electrons. The van der Waals surface area contributed by atoms with E-state index in [0.717, 1.165) is 5.56 Å². The van der Waals surface area contributed by atoms with Crippen LogP contribution in [-0.4, -0.2) is 14.1 Å². The molecule has 0 fully saturated rings. The Balaban J connectivity index is 2.41. The van der Waals surface area contributed by atoms with Gasteiger partial charge in [-0.05, 0) is 12.5 Å². The number of nitro groups is 1. The molecule has 0 unspecified atom stereocenters. The molecule has 18 heavy (non-hydrogen) atoms. The summed E-state index contributed by atoms with van der Waals surface area (Å²) in [6, 6.07) is 4.89. The second kappa shape index (κ2) is 4.48. The van der Waals surface area contributed by atoms with Gasteiger partial charge in [-0.3, -0.25) is 14.7 Å². The van der Waals surface area contributed by atoms with Gasteiger partial charge in [-0.2, -0.15) is 0 Å². The standard InChI is InChI=1S/C12H13N3O3/c1-9-10(4-3-5-11(9)15(17)18)8-14-7-6-13(2)12(14)16/h3-7H,8H2,1-2H3. The highest BCUT2D eigenvalue weighted by molar-refractivity contribution is 5.44. The van der Waals surface area contributed by atoms with E-state index in [1.807, 2.05) is 0 Å². The fourth-order valence-electron chi connectivity index (χ4n) is 1.85. The second-order valence-corrected chi connectivity index (χ2v) is 4.14. The van der Waals surface area contributed by atoms with Crippen LogP contribution in [-0.2, 0) is 13.6 Å². The number of hydrogen-bond acceptors (Lipinski definition) is 3. The Morgan fingerprint density at radius 1 is 1.33 bits per heavy atom. The van der Waals surface area contributed by atoms with Crippen molar-refractivity contribution < 1.29 is 4.92 Å². The van der Waals surface area contributed by atoms with Crippen molar-refractivity contribution in [3.05, 3.63) is 62.3 Å². The Morgan fingerprint density at radius 2 is 2.06 bits per heavy atom. The zero-order chi connectivity index (χ0) is 13.3. The fourth-order valence-corrected chi connectivity index (χ4v) is 1.85. The largest absolute Gasteiger partial charge is 0.328 e. The number of nitrogens with zero attached hydrogens (tertiary/aromatic N) is 3. The van der Waals surface area contributed by atoms with Gasteiger partial charge in [0.05, 0.1) is 11.5 Å². The van der Waals surface area contributed by atoms with Crippen LogP contribution in [0.25, 0.3) is 0 Å². The predicted octanol–water partition coefficient (Wildman–Crippen LogP) is 1.45. The number of aryl methyl sites for hydroxylation is 1. The van der Waals surface area contributed by atoms with Gasteiger partial charge in [-0.1, -0.05) is 12.1 Å². The minimum atomic E-state index is -0.410. The summed E-state index contributed by atoms with van der Waals surface area (Å²) in [5, 5.41) is 10.8. The summed E-state index contributed by atoms with van der Waals surface area (Å²) < 4.78 is 2.98. The Kier molecular flexibility index (Phi) is 3.01. The minimum Gasteiger partial charge on any atom is -0.302 e. The van der Waals surface area contributed by atoms with Crippen molar-refractivity contribution in [1.29, 1.82) is 0 Å². The molecule has 6 heteroatoms. The van der Waals surface area contributed by atoms with Crippen LogP contribution < -0.4 is 5.69 Å². The van der Waals surface area contributed by atoms with Crippen molar-refractivity contribution in [3.8, 4) is 0 Å². The summed E-state index contributed by atoms with van der Waals surface area (Å²) in [7, 11) is 1.67. The predicted molar refractivity (Wildman–Crippen MR) is 66.6 cm³/mol. The van der Waals surface area contributed by atoms with Crippen molar-refractivity contribution >= 4 is 5.69 Å². The average molecular weight is 247 g/mol. The molecule has 2 aromatic rings.